The number of carbonyl (C=O) groups is 2. The number of hydrogen-bond donors (Lipinski definition) is 1. The lowest BCUT2D eigenvalue weighted by atomic mass is 9.98. The number of aromatic nitrogens is 2. The Morgan fingerprint density at radius 1 is 0.976 bits per heavy atom. The number of nitrogens with zero attached hydrogens (tertiary/aromatic N) is 3. The van der Waals surface area contributed by atoms with Crippen molar-refractivity contribution in [1.82, 2.24) is 15.1 Å². The SMILES string of the molecule is COc1ccc(-n2nc(-c3ccccc3)c3c2N(CC(=O)NC(C)C)C(=O)CS[C@@H]3c2cc(OC)ccc2OC)cc1. The van der Waals surface area contributed by atoms with Crippen molar-refractivity contribution in [3.8, 4) is 34.2 Å². The molecule has 1 aromatic heterocycles. The number of thioether (sulfide) groups is 1. The topological polar surface area (TPSA) is 94.9 Å². The van der Waals surface area contributed by atoms with E-state index in [1.807, 2.05) is 86.6 Å². The Bertz CT molecular complexity index is 1570. The summed E-state index contributed by atoms with van der Waals surface area (Å²) in [5.41, 5.74) is 3.95. The monoisotopic (exact) mass is 586 g/mol. The Hall–Kier alpha value is -4.44. The van der Waals surface area contributed by atoms with Gasteiger partial charge in [0.15, 0.2) is 0 Å². The summed E-state index contributed by atoms with van der Waals surface area (Å²) in [6.07, 6.45) is 0. The van der Waals surface area contributed by atoms with Gasteiger partial charge in [-0.2, -0.15) is 5.10 Å². The first kappa shape index (κ1) is 29.1. The van der Waals surface area contributed by atoms with E-state index in [-0.39, 0.29) is 35.4 Å². The van der Waals surface area contributed by atoms with E-state index in [0.29, 0.717) is 28.8 Å². The summed E-state index contributed by atoms with van der Waals surface area (Å²) in [5, 5.41) is 7.68. The molecule has 4 aromatic rings. The number of anilines is 1. The molecule has 0 spiro atoms. The second kappa shape index (κ2) is 12.6. The summed E-state index contributed by atoms with van der Waals surface area (Å²) in [6, 6.07) is 22.9. The van der Waals surface area contributed by atoms with Crippen molar-refractivity contribution in [2.24, 2.45) is 0 Å². The lowest BCUT2D eigenvalue weighted by Gasteiger charge is -2.24. The Morgan fingerprint density at radius 2 is 1.67 bits per heavy atom. The van der Waals surface area contributed by atoms with Gasteiger partial charge in [-0.15, -0.1) is 11.8 Å². The van der Waals surface area contributed by atoms with Crippen LogP contribution in [0.25, 0.3) is 16.9 Å². The van der Waals surface area contributed by atoms with Crippen LogP contribution in [0.4, 0.5) is 5.82 Å². The van der Waals surface area contributed by atoms with Crippen molar-refractivity contribution in [2.75, 3.05) is 38.5 Å². The number of amides is 2. The number of nitrogens with one attached hydrogen (secondary N) is 1. The van der Waals surface area contributed by atoms with E-state index in [1.165, 1.54) is 11.8 Å². The molecule has 0 bridgehead atoms. The third kappa shape index (κ3) is 5.80. The fourth-order valence-corrected chi connectivity index (χ4v) is 6.25. The molecule has 1 N–H and O–H groups in total. The molecule has 0 unspecified atom stereocenters. The molecule has 2 amide bonds. The summed E-state index contributed by atoms with van der Waals surface area (Å²) in [6.45, 7) is 3.63. The fourth-order valence-electron chi connectivity index (χ4n) is 5.03. The average Bonchev–Trinajstić information content (AvgIpc) is 3.33. The second-order valence-electron chi connectivity index (χ2n) is 10.1. The number of methoxy groups -OCH3 is 3. The Kier molecular flexibility index (Phi) is 8.72. The highest BCUT2D eigenvalue weighted by atomic mass is 32.2. The molecule has 2 heterocycles. The van der Waals surface area contributed by atoms with Crippen molar-refractivity contribution < 1.29 is 23.8 Å². The zero-order valence-electron chi connectivity index (χ0n) is 24.3. The number of fused-ring (bicyclic) bond motifs is 1. The molecular weight excluding hydrogens is 552 g/mol. The van der Waals surface area contributed by atoms with Gasteiger partial charge in [-0.1, -0.05) is 30.3 Å². The van der Waals surface area contributed by atoms with E-state index in [2.05, 4.69) is 5.32 Å². The maximum Gasteiger partial charge on any atom is 0.240 e. The van der Waals surface area contributed by atoms with Gasteiger partial charge in [-0.25, -0.2) is 4.68 Å². The molecule has 42 heavy (non-hydrogen) atoms. The molecule has 5 rings (SSSR count). The van der Waals surface area contributed by atoms with Crippen molar-refractivity contribution in [3.05, 3.63) is 83.9 Å². The Labute approximate surface area is 249 Å². The van der Waals surface area contributed by atoms with Crippen LogP contribution in [-0.4, -0.2) is 61.3 Å². The quantitative estimate of drug-likeness (QED) is 0.286. The van der Waals surface area contributed by atoms with Gasteiger partial charge in [0.25, 0.3) is 0 Å². The number of benzene rings is 3. The van der Waals surface area contributed by atoms with Crippen LogP contribution >= 0.6 is 11.8 Å². The number of carbonyl (C=O) groups excluding carboxylic acids is 2. The minimum Gasteiger partial charge on any atom is -0.497 e. The van der Waals surface area contributed by atoms with Crippen LogP contribution in [0, 0.1) is 0 Å². The third-order valence-corrected chi connectivity index (χ3v) is 8.16. The van der Waals surface area contributed by atoms with E-state index >= 15 is 0 Å². The van der Waals surface area contributed by atoms with Crippen LogP contribution in [0.1, 0.15) is 30.2 Å². The second-order valence-corrected chi connectivity index (χ2v) is 11.2. The molecule has 3 aromatic carbocycles. The predicted molar refractivity (Wildman–Crippen MR) is 165 cm³/mol. The van der Waals surface area contributed by atoms with Crippen LogP contribution in [-0.2, 0) is 9.59 Å². The molecular formula is C32H34N4O5S. The minimum absolute atomic E-state index is 0.0754. The van der Waals surface area contributed by atoms with Crippen molar-refractivity contribution >= 4 is 29.4 Å². The predicted octanol–water partition coefficient (Wildman–Crippen LogP) is 5.26. The zero-order chi connectivity index (χ0) is 29.8. The molecule has 9 nitrogen and oxygen atoms in total. The first-order chi connectivity index (χ1) is 20.3. The Morgan fingerprint density at radius 3 is 2.31 bits per heavy atom. The van der Waals surface area contributed by atoms with E-state index in [1.54, 1.807) is 30.9 Å². The van der Waals surface area contributed by atoms with Gasteiger partial charge in [0, 0.05) is 22.7 Å². The standard InChI is InChI=1S/C32H34N4O5S/c1-20(2)33-27(37)18-35-28(38)19-42-31(25-17-24(40-4)15-16-26(25)41-5)29-30(21-9-7-6-8-10-21)34-36(32(29)35)22-11-13-23(39-3)14-12-22/h6-17,20,31H,18-19H2,1-5H3,(H,33,37)/t31-/m1/s1. The average molecular weight is 587 g/mol. The smallest absolute Gasteiger partial charge is 0.240 e. The normalized spacial score (nSPS) is 14.8. The van der Waals surface area contributed by atoms with Gasteiger partial charge >= 0.3 is 0 Å². The molecule has 218 valence electrons. The van der Waals surface area contributed by atoms with Crippen LogP contribution in [0.2, 0.25) is 0 Å². The highest BCUT2D eigenvalue weighted by Gasteiger charge is 2.39. The van der Waals surface area contributed by atoms with E-state index < -0.39 is 0 Å². The van der Waals surface area contributed by atoms with Crippen molar-refractivity contribution in [2.45, 2.75) is 25.1 Å². The van der Waals surface area contributed by atoms with Crippen LogP contribution in [0.3, 0.4) is 0 Å². The highest BCUT2D eigenvalue weighted by Crippen LogP contribution is 2.51. The van der Waals surface area contributed by atoms with Gasteiger partial charge in [-0.3, -0.25) is 14.5 Å². The lowest BCUT2D eigenvalue weighted by molar-refractivity contribution is -0.123. The van der Waals surface area contributed by atoms with Crippen LogP contribution in [0.5, 0.6) is 17.2 Å². The zero-order valence-corrected chi connectivity index (χ0v) is 25.1. The Balaban J connectivity index is 1.82. The minimum atomic E-state index is -0.366. The molecule has 0 fully saturated rings. The largest absolute Gasteiger partial charge is 0.497 e. The van der Waals surface area contributed by atoms with Gasteiger partial charge in [-0.05, 0) is 56.3 Å². The number of ether oxygens (including phenoxy) is 3. The molecule has 10 heteroatoms. The van der Waals surface area contributed by atoms with E-state index in [0.717, 1.165) is 22.4 Å². The molecule has 0 saturated heterocycles. The van der Waals surface area contributed by atoms with Crippen LogP contribution < -0.4 is 24.4 Å². The van der Waals surface area contributed by atoms with Crippen LogP contribution in [0.15, 0.2) is 72.8 Å². The lowest BCUT2D eigenvalue weighted by Crippen LogP contribution is -2.44. The van der Waals surface area contributed by atoms with Gasteiger partial charge in [0.05, 0.1) is 43.7 Å². The van der Waals surface area contributed by atoms with Crippen molar-refractivity contribution in [1.29, 1.82) is 0 Å². The first-order valence-electron chi connectivity index (χ1n) is 13.6. The molecule has 1 aliphatic rings. The number of hydrogen-bond acceptors (Lipinski definition) is 7. The molecule has 0 saturated carbocycles. The van der Waals surface area contributed by atoms with E-state index in [4.69, 9.17) is 19.3 Å². The molecule has 0 radical (unpaired) electrons. The highest BCUT2D eigenvalue weighted by molar-refractivity contribution is 8.00. The number of rotatable bonds is 9. The summed E-state index contributed by atoms with van der Waals surface area (Å²) < 4.78 is 18.5. The van der Waals surface area contributed by atoms with Crippen molar-refractivity contribution in [3.63, 3.8) is 0 Å². The summed E-state index contributed by atoms with van der Waals surface area (Å²) >= 11 is 1.47. The summed E-state index contributed by atoms with van der Waals surface area (Å²) in [4.78, 5) is 28.6. The molecule has 1 atom stereocenters. The van der Waals surface area contributed by atoms with Gasteiger partial charge in [0.2, 0.25) is 11.8 Å². The van der Waals surface area contributed by atoms with Gasteiger partial charge < -0.3 is 19.5 Å². The maximum atomic E-state index is 13.9. The molecule has 0 aliphatic carbocycles. The summed E-state index contributed by atoms with van der Waals surface area (Å²) in [5.74, 6) is 2.25. The van der Waals surface area contributed by atoms with Gasteiger partial charge in [0.1, 0.15) is 29.6 Å². The summed E-state index contributed by atoms with van der Waals surface area (Å²) in [7, 11) is 4.85. The first-order valence-corrected chi connectivity index (χ1v) is 14.7. The molecule has 1 aliphatic heterocycles. The maximum absolute atomic E-state index is 13.9. The fraction of sp³-hybridized carbons (Fsp3) is 0.281. The third-order valence-electron chi connectivity index (χ3n) is 6.92. The van der Waals surface area contributed by atoms with E-state index in [9.17, 15) is 9.59 Å².